The third-order valence-corrected chi connectivity index (χ3v) is 2.70. The van der Waals surface area contributed by atoms with Gasteiger partial charge < -0.3 is 14.8 Å². The fourth-order valence-electron chi connectivity index (χ4n) is 1.55. The molecule has 0 bridgehead atoms. The molecule has 0 saturated carbocycles. The minimum Gasteiger partial charge on any atom is -0.493 e. The molecule has 0 aromatic heterocycles. The summed E-state index contributed by atoms with van der Waals surface area (Å²) >= 11 is 0. The Bertz CT molecular complexity index is 492. The van der Waals surface area contributed by atoms with Crippen LogP contribution >= 0.6 is 0 Å². The molecule has 1 aromatic rings. The zero-order chi connectivity index (χ0) is 15.0. The minimum atomic E-state index is -0.169. The van der Waals surface area contributed by atoms with E-state index in [1.165, 1.54) is 7.11 Å². The van der Waals surface area contributed by atoms with E-state index >= 15 is 0 Å². The Balaban J connectivity index is 2.49. The van der Waals surface area contributed by atoms with Crippen LogP contribution in [0.3, 0.4) is 0 Å². The second kappa shape index (κ2) is 8.05. The van der Waals surface area contributed by atoms with Gasteiger partial charge in [-0.3, -0.25) is 4.79 Å². The number of nitrogens with zero attached hydrogens (tertiary/aromatic N) is 1. The van der Waals surface area contributed by atoms with Gasteiger partial charge in [0, 0.05) is 12.6 Å². The van der Waals surface area contributed by atoms with Crippen LogP contribution in [0.15, 0.2) is 18.2 Å². The number of benzene rings is 1. The van der Waals surface area contributed by atoms with Crippen molar-refractivity contribution in [2.45, 2.75) is 20.3 Å². The highest BCUT2D eigenvalue weighted by Gasteiger charge is 2.08. The number of amides is 1. The number of rotatable bonds is 7. The maximum Gasteiger partial charge on any atom is 0.257 e. The Hall–Kier alpha value is -2.22. The van der Waals surface area contributed by atoms with Gasteiger partial charge in [0.1, 0.15) is 0 Å². The van der Waals surface area contributed by atoms with Gasteiger partial charge in [0.05, 0.1) is 18.7 Å². The largest absolute Gasteiger partial charge is 0.493 e. The lowest BCUT2D eigenvalue weighted by molar-refractivity contribution is -0.123. The van der Waals surface area contributed by atoms with Crippen LogP contribution in [-0.2, 0) is 4.79 Å². The fourth-order valence-corrected chi connectivity index (χ4v) is 1.55. The molecule has 0 aliphatic carbocycles. The SMILES string of the molecule is COc1cc(C#N)ccc1OCC(=O)NCCC(C)C. The molecule has 108 valence electrons. The van der Waals surface area contributed by atoms with E-state index in [1.807, 2.05) is 6.07 Å². The molecule has 0 spiro atoms. The van der Waals surface area contributed by atoms with Gasteiger partial charge in [-0.25, -0.2) is 0 Å². The van der Waals surface area contributed by atoms with Crippen LogP contribution in [0.2, 0.25) is 0 Å². The van der Waals surface area contributed by atoms with Gasteiger partial charge in [-0.15, -0.1) is 0 Å². The lowest BCUT2D eigenvalue weighted by Crippen LogP contribution is -2.30. The predicted octanol–water partition coefficient (Wildman–Crippen LogP) is 2.11. The molecular weight excluding hydrogens is 256 g/mol. The van der Waals surface area contributed by atoms with E-state index in [2.05, 4.69) is 19.2 Å². The van der Waals surface area contributed by atoms with E-state index < -0.39 is 0 Å². The molecule has 1 N–H and O–H groups in total. The van der Waals surface area contributed by atoms with Gasteiger partial charge in [0.25, 0.3) is 5.91 Å². The van der Waals surface area contributed by atoms with Crippen LogP contribution in [0.4, 0.5) is 0 Å². The van der Waals surface area contributed by atoms with Crippen molar-refractivity contribution in [2.75, 3.05) is 20.3 Å². The number of carbonyl (C=O) groups excluding carboxylic acids is 1. The number of methoxy groups -OCH3 is 1. The summed E-state index contributed by atoms with van der Waals surface area (Å²) < 4.78 is 10.5. The average Bonchev–Trinajstić information content (AvgIpc) is 2.44. The second-order valence-electron chi connectivity index (χ2n) is 4.80. The Morgan fingerprint density at radius 2 is 2.15 bits per heavy atom. The first kappa shape index (κ1) is 15.8. The van der Waals surface area contributed by atoms with E-state index in [0.29, 0.717) is 29.5 Å². The summed E-state index contributed by atoms with van der Waals surface area (Å²) in [5, 5.41) is 11.6. The highest BCUT2D eigenvalue weighted by molar-refractivity contribution is 5.77. The molecule has 0 atom stereocenters. The summed E-state index contributed by atoms with van der Waals surface area (Å²) in [6.45, 7) is 4.78. The molecule has 0 saturated heterocycles. The first-order valence-electron chi connectivity index (χ1n) is 6.54. The van der Waals surface area contributed by atoms with Crippen molar-refractivity contribution < 1.29 is 14.3 Å². The van der Waals surface area contributed by atoms with E-state index in [9.17, 15) is 4.79 Å². The molecule has 0 radical (unpaired) electrons. The fraction of sp³-hybridized carbons (Fsp3) is 0.467. The quantitative estimate of drug-likeness (QED) is 0.828. The van der Waals surface area contributed by atoms with Crippen molar-refractivity contribution in [2.24, 2.45) is 5.92 Å². The molecule has 0 unspecified atom stereocenters. The molecule has 1 aromatic carbocycles. The molecule has 1 rings (SSSR count). The number of carbonyl (C=O) groups is 1. The van der Waals surface area contributed by atoms with E-state index in [-0.39, 0.29) is 12.5 Å². The molecule has 0 aliphatic heterocycles. The minimum absolute atomic E-state index is 0.0691. The van der Waals surface area contributed by atoms with E-state index in [0.717, 1.165) is 6.42 Å². The van der Waals surface area contributed by atoms with Crippen LogP contribution in [0.5, 0.6) is 11.5 Å². The highest BCUT2D eigenvalue weighted by Crippen LogP contribution is 2.27. The van der Waals surface area contributed by atoms with Crippen LogP contribution in [-0.4, -0.2) is 26.2 Å². The summed E-state index contributed by atoms with van der Waals surface area (Å²) in [4.78, 5) is 11.6. The smallest absolute Gasteiger partial charge is 0.257 e. The topological polar surface area (TPSA) is 71.3 Å². The van der Waals surface area contributed by atoms with Crippen LogP contribution in [0.1, 0.15) is 25.8 Å². The summed E-state index contributed by atoms with van der Waals surface area (Å²) in [5.41, 5.74) is 0.482. The summed E-state index contributed by atoms with van der Waals surface area (Å²) in [7, 11) is 1.49. The first-order valence-corrected chi connectivity index (χ1v) is 6.54. The van der Waals surface area contributed by atoms with Gasteiger partial charge in [-0.05, 0) is 24.5 Å². The normalized spacial score (nSPS) is 9.95. The van der Waals surface area contributed by atoms with Crippen LogP contribution in [0, 0.1) is 17.2 Å². The zero-order valence-electron chi connectivity index (χ0n) is 12.1. The van der Waals surface area contributed by atoms with Crippen molar-refractivity contribution in [3.8, 4) is 17.6 Å². The molecule has 0 heterocycles. The van der Waals surface area contributed by atoms with Gasteiger partial charge >= 0.3 is 0 Å². The van der Waals surface area contributed by atoms with Crippen molar-refractivity contribution in [1.82, 2.24) is 5.32 Å². The Labute approximate surface area is 119 Å². The van der Waals surface area contributed by atoms with Crippen LogP contribution in [0.25, 0.3) is 0 Å². The van der Waals surface area contributed by atoms with Crippen LogP contribution < -0.4 is 14.8 Å². The Kier molecular flexibility index (Phi) is 6.38. The maximum absolute atomic E-state index is 11.6. The van der Waals surface area contributed by atoms with Crippen molar-refractivity contribution in [1.29, 1.82) is 5.26 Å². The number of hydrogen-bond acceptors (Lipinski definition) is 4. The zero-order valence-corrected chi connectivity index (χ0v) is 12.1. The monoisotopic (exact) mass is 276 g/mol. The second-order valence-corrected chi connectivity index (χ2v) is 4.80. The molecular formula is C15H20N2O3. The predicted molar refractivity (Wildman–Crippen MR) is 75.7 cm³/mol. The van der Waals surface area contributed by atoms with Gasteiger partial charge in [-0.2, -0.15) is 5.26 Å². The third kappa shape index (κ3) is 5.19. The Morgan fingerprint density at radius 1 is 1.40 bits per heavy atom. The summed E-state index contributed by atoms with van der Waals surface area (Å²) in [6.07, 6.45) is 0.936. The van der Waals surface area contributed by atoms with Gasteiger partial charge in [-0.1, -0.05) is 13.8 Å². The molecule has 1 amide bonds. The van der Waals surface area contributed by atoms with Gasteiger partial charge in [0.15, 0.2) is 18.1 Å². The summed E-state index contributed by atoms with van der Waals surface area (Å²) in [6, 6.07) is 6.84. The summed E-state index contributed by atoms with van der Waals surface area (Å²) in [5.74, 6) is 1.27. The lowest BCUT2D eigenvalue weighted by Gasteiger charge is -2.11. The van der Waals surface area contributed by atoms with Gasteiger partial charge in [0.2, 0.25) is 0 Å². The number of ether oxygens (including phenoxy) is 2. The Morgan fingerprint density at radius 3 is 2.75 bits per heavy atom. The number of nitriles is 1. The molecule has 5 nitrogen and oxygen atoms in total. The van der Waals surface area contributed by atoms with Crippen molar-refractivity contribution in [3.63, 3.8) is 0 Å². The van der Waals surface area contributed by atoms with E-state index in [1.54, 1.807) is 18.2 Å². The average molecular weight is 276 g/mol. The first-order chi connectivity index (χ1) is 9.56. The standard InChI is InChI=1S/C15H20N2O3/c1-11(2)6-7-17-15(18)10-20-13-5-4-12(9-16)8-14(13)19-3/h4-5,8,11H,6-7,10H2,1-3H3,(H,17,18). The third-order valence-electron chi connectivity index (χ3n) is 2.70. The molecule has 0 aliphatic rings. The lowest BCUT2D eigenvalue weighted by atomic mass is 10.1. The molecule has 5 heteroatoms. The van der Waals surface area contributed by atoms with Crippen molar-refractivity contribution in [3.05, 3.63) is 23.8 Å². The highest BCUT2D eigenvalue weighted by atomic mass is 16.5. The maximum atomic E-state index is 11.6. The van der Waals surface area contributed by atoms with E-state index in [4.69, 9.17) is 14.7 Å². The molecule has 20 heavy (non-hydrogen) atoms. The number of nitrogens with one attached hydrogen (secondary N) is 1. The molecule has 0 fully saturated rings. The number of hydrogen-bond donors (Lipinski definition) is 1. The van der Waals surface area contributed by atoms with Crippen molar-refractivity contribution >= 4 is 5.91 Å².